The smallest absolute Gasteiger partial charge is 0.275 e. The number of hydrogen-bond donors (Lipinski definition) is 1. The van der Waals surface area contributed by atoms with Gasteiger partial charge in [0, 0.05) is 35.8 Å². The van der Waals surface area contributed by atoms with Gasteiger partial charge in [-0.25, -0.2) is 0 Å². The number of nitrogens with zero attached hydrogens (tertiary/aromatic N) is 2. The molecule has 0 aliphatic carbocycles. The van der Waals surface area contributed by atoms with Crippen molar-refractivity contribution in [3.8, 4) is 0 Å². The first-order chi connectivity index (χ1) is 8.97. The Morgan fingerprint density at radius 3 is 2.95 bits per heavy atom. The molecule has 0 amide bonds. The van der Waals surface area contributed by atoms with Crippen LogP contribution in [0.25, 0.3) is 0 Å². The molecule has 2 atom stereocenters. The van der Waals surface area contributed by atoms with E-state index in [0.29, 0.717) is 23.0 Å². The van der Waals surface area contributed by atoms with Crippen LogP contribution in [-0.2, 0) is 6.54 Å². The number of rotatable bonds is 4. The maximum absolute atomic E-state index is 11.0. The Labute approximate surface area is 117 Å². The van der Waals surface area contributed by atoms with Crippen molar-refractivity contribution in [3.05, 3.63) is 38.9 Å². The number of nitrogens with two attached hydrogens (primary N) is 1. The monoisotopic (exact) mass is 283 g/mol. The summed E-state index contributed by atoms with van der Waals surface area (Å²) < 4.78 is 0. The highest BCUT2D eigenvalue weighted by atomic mass is 35.5. The molecule has 6 heteroatoms. The van der Waals surface area contributed by atoms with E-state index in [-0.39, 0.29) is 16.7 Å². The summed E-state index contributed by atoms with van der Waals surface area (Å²) in [5.74, 6) is 0.478. The van der Waals surface area contributed by atoms with Gasteiger partial charge in [-0.1, -0.05) is 11.6 Å². The van der Waals surface area contributed by atoms with Crippen LogP contribution in [0.4, 0.5) is 5.69 Å². The molecule has 2 rings (SSSR count). The van der Waals surface area contributed by atoms with Gasteiger partial charge in [0.05, 0.1) is 4.92 Å². The Morgan fingerprint density at radius 2 is 2.37 bits per heavy atom. The number of nitro groups is 1. The first kappa shape index (κ1) is 14.2. The summed E-state index contributed by atoms with van der Waals surface area (Å²) in [5, 5.41) is 11.4. The zero-order chi connectivity index (χ0) is 14.0. The highest BCUT2D eigenvalue weighted by molar-refractivity contribution is 6.30. The van der Waals surface area contributed by atoms with Crippen LogP contribution in [0, 0.1) is 16.0 Å². The zero-order valence-electron chi connectivity index (χ0n) is 10.9. The van der Waals surface area contributed by atoms with E-state index in [4.69, 9.17) is 17.3 Å². The Bertz CT molecular complexity index is 479. The van der Waals surface area contributed by atoms with Crippen molar-refractivity contribution in [3.63, 3.8) is 0 Å². The van der Waals surface area contributed by atoms with Crippen LogP contribution in [0.5, 0.6) is 0 Å². The minimum atomic E-state index is -0.375. The molecule has 1 aromatic rings. The first-order valence-corrected chi connectivity index (χ1v) is 6.76. The van der Waals surface area contributed by atoms with Crippen molar-refractivity contribution in [2.24, 2.45) is 11.7 Å². The third-order valence-corrected chi connectivity index (χ3v) is 3.93. The minimum absolute atomic E-state index is 0.0942. The van der Waals surface area contributed by atoms with Crippen molar-refractivity contribution in [2.45, 2.75) is 25.9 Å². The van der Waals surface area contributed by atoms with E-state index < -0.39 is 0 Å². The summed E-state index contributed by atoms with van der Waals surface area (Å²) in [6.45, 7) is 4.43. The molecule has 1 aromatic carbocycles. The van der Waals surface area contributed by atoms with Crippen molar-refractivity contribution in [1.82, 2.24) is 4.90 Å². The van der Waals surface area contributed by atoms with Gasteiger partial charge in [-0.3, -0.25) is 15.0 Å². The van der Waals surface area contributed by atoms with Gasteiger partial charge in [-0.2, -0.15) is 0 Å². The summed E-state index contributed by atoms with van der Waals surface area (Å²) in [6, 6.07) is 5.02. The van der Waals surface area contributed by atoms with E-state index in [1.54, 1.807) is 12.1 Å². The molecule has 0 spiro atoms. The highest BCUT2D eigenvalue weighted by Gasteiger charge is 2.26. The van der Waals surface area contributed by atoms with Gasteiger partial charge < -0.3 is 5.73 Å². The van der Waals surface area contributed by atoms with E-state index in [1.165, 1.54) is 6.07 Å². The van der Waals surface area contributed by atoms with E-state index in [9.17, 15) is 10.1 Å². The molecule has 5 nitrogen and oxygen atoms in total. The lowest BCUT2D eigenvalue weighted by molar-refractivity contribution is -0.385. The van der Waals surface area contributed by atoms with Gasteiger partial charge in [0.15, 0.2) is 0 Å². The van der Waals surface area contributed by atoms with Crippen molar-refractivity contribution >= 4 is 17.3 Å². The molecule has 19 heavy (non-hydrogen) atoms. The molecule has 1 heterocycles. The molecule has 1 aliphatic rings. The van der Waals surface area contributed by atoms with Crippen molar-refractivity contribution in [1.29, 1.82) is 0 Å². The fourth-order valence-corrected chi connectivity index (χ4v) is 2.68. The lowest BCUT2D eigenvalue weighted by atomic mass is 10.0. The second-order valence-corrected chi connectivity index (χ2v) is 5.61. The SMILES string of the molecule is CC(N)C1CCN(Cc2ccc(Cl)cc2[N+](=O)[O-])C1. The van der Waals surface area contributed by atoms with Gasteiger partial charge in [0.1, 0.15) is 0 Å². The number of nitro benzene ring substituents is 1. The van der Waals surface area contributed by atoms with Crippen molar-refractivity contribution < 1.29 is 4.92 Å². The van der Waals surface area contributed by atoms with Crippen LogP contribution in [0.2, 0.25) is 5.02 Å². The largest absolute Gasteiger partial charge is 0.328 e. The third kappa shape index (κ3) is 3.43. The van der Waals surface area contributed by atoms with Gasteiger partial charge in [-0.15, -0.1) is 0 Å². The maximum atomic E-state index is 11.0. The maximum Gasteiger partial charge on any atom is 0.275 e. The predicted molar refractivity (Wildman–Crippen MR) is 75.1 cm³/mol. The average Bonchev–Trinajstić information content (AvgIpc) is 2.80. The molecular formula is C13H18ClN3O2. The molecule has 0 aromatic heterocycles. The zero-order valence-corrected chi connectivity index (χ0v) is 11.6. The second kappa shape index (κ2) is 5.86. The van der Waals surface area contributed by atoms with Gasteiger partial charge in [0.25, 0.3) is 5.69 Å². The molecule has 2 unspecified atom stereocenters. The van der Waals surface area contributed by atoms with Crippen LogP contribution >= 0.6 is 11.6 Å². The normalized spacial score (nSPS) is 21.5. The quantitative estimate of drug-likeness (QED) is 0.680. The summed E-state index contributed by atoms with van der Waals surface area (Å²) in [5.41, 5.74) is 6.70. The molecule has 2 N–H and O–H groups in total. The van der Waals surface area contributed by atoms with Crippen LogP contribution in [-0.4, -0.2) is 29.0 Å². The van der Waals surface area contributed by atoms with Gasteiger partial charge >= 0.3 is 0 Å². The lowest BCUT2D eigenvalue weighted by Crippen LogP contribution is -2.29. The third-order valence-electron chi connectivity index (χ3n) is 3.69. The van der Waals surface area contributed by atoms with E-state index in [2.05, 4.69) is 4.90 Å². The van der Waals surface area contributed by atoms with E-state index in [1.807, 2.05) is 6.92 Å². The summed E-state index contributed by atoms with van der Waals surface area (Å²) in [6.07, 6.45) is 1.05. The lowest BCUT2D eigenvalue weighted by Gasteiger charge is -2.17. The molecule has 1 saturated heterocycles. The summed E-state index contributed by atoms with van der Waals surface area (Å²) >= 11 is 5.81. The Kier molecular flexibility index (Phi) is 4.39. The molecule has 104 valence electrons. The van der Waals surface area contributed by atoms with E-state index >= 15 is 0 Å². The molecular weight excluding hydrogens is 266 g/mol. The molecule has 0 saturated carbocycles. The number of likely N-dealkylation sites (tertiary alicyclic amines) is 1. The predicted octanol–water partition coefficient (Wildman–Crippen LogP) is 2.42. The summed E-state index contributed by atoms with van der Waals surface area (Å²) in [7, 11) is 0. The van der Waals surface area contributed by atoms with E-state index in [0.717, 1.165) is 19.5 Å². The molecule has 1 fully saturated rings. The number of hydrogen-bond acceptors (Lipinski definition) is 4. The van der Waals surface area contributed by atoms with Gasteiger partial charge in [0.2, 0.25) is 0 Å². The van der Waals surface area contributed by atoms with Crippen LogP contribution < -0.4 is 5.73 Å². The van der Waals surface area contributed by atoms with Crippen molar-refractivity contribution in [2.75, 3.05) is 13.1 Å². The highest BCUT2D eigenvalue weighted by Crippen LogP contribution is 2.27. The summed E-state index contributed by atoms with van der Waals surface area (Å²) in [4.78, 5) is 12.9. The number of halogens is 1. The topological polar surface area (TPSA) is 72.4 Å². The Morgan fingerprint density at radius 1 is 1.63 bits per heavy atom. The second-order valence-electron chi connectivity index (χ2n) is 5.17. The first-order valence-electron chi connectivity index (χ1n) is 6.38. The standard InChI is InChI=1S/C13H18ClN3O2/c1-9(15)10-4-5-16(7-10)8-11-2-3-12(14)6-13(11)17(18)19/h2-3,6,9-10H,4-5,7-8,15H2,1H3. The Hall–Kier alpha value is -1.17. The molecule has 0 radical (unpaired) electrons. The molecule has 0 bridgehead atoms. The fraction of sp³-hybridized carbons (Fsp3) is 0.538. The minimum Gasteiger partial charge on any atom is -0.328 e. The van der Waals surface area contributed by atoms with Crippen LogP contribution in [0.1, 0.15) is 18.9 Å². The Balaban J connectivity index is 2.10. The van der Waals surface area contributed by atoms with Crippen LogP contribution in [0.15, 0.2) is 18.2 Å². The number of benzene rings is 1. The fourth-order valence-electron chi connectivity index (χ4n) is 2.52. The molecule has 1 aliphatic heterocycles. The average molecular weight is 284 g/mol. The van der Waals surface area contributed by atoms with Gasteiger partial charge in [-0.05, 0) is 37.9 Å². The van der Waals surface area contributed by atoms with Crippen LogP contribution in [0.3, 0.4) is 0 Å².